The molecular formula is C46H40N2. The van der Waals surface area contributed by atoms with Crippen LogP contribution in [0.1, 0.15) is 33.4 Å². The molecule has 0 aromatic heterocycles. The largest absolute Gasteiger partial charge is 0.309 e. The predicted molar refractivity (Wildman–Crippen MR) is 208 cm³/mol. The summed E-state index contributed by atoms with van der Waals surface area (Å²) >= 11 is 0. The van der Waals surface area contributed by atoms with Crippen LogP contribution in [0.3, 0.4) is 0 Å². The highest BCUT2D eigenvalue weighted by molar-refractivity contribution is 6.28. The Morgan fingerprint density at radius 1 is 0.354 bits per heavy atom. The van der Waals surface area contributed by atoms with E-state index < -0.39 is 0 Å². The van der Waals surface area contributed by atoms with Gasteiger partial charge in [-0.05, 0) is 122 Å². The first-order valence-corrected chi connectivity index (χ1v) is 16.9. The van der Waals surface area contributed by atoms with Gasteiger partial charge < -0.3 is 9.80 Å². The highest BCUT2D eigenvalue weighted by Gasteiger charge is 2.24. The molecule has 0 N–H and O–H groups in total. The number of hydrogen-bond donors (Lipinski definition) is 0. The first-order valence-electron chi connectivity index (χ1n) is 16.9. The Labute approximate surface area is 283 Å². The van der Waals surface area contributed by atoms with Crippen molar-refractivity contribution in [2.24, 2.45) is 0 Å². The lowest BCUT2D eigenvalue weighted by molar-refractivity contribution is 1.21. The van der Waals surface area contributed by atoms with E-state index in [9.17, 15) is 0 Å². The molecule has 0 fully saturated rings. The Hall–Kier alpha value is -5.60. The van der Waals surface area contributed by atoms with E-state index in [1.807, 2.05) is 0 Å². The van der Waals surface area contributed by atoms with Crippen molar-refractivity contribution in [2.45, 2.75) is 41.5 Å². The second-order valence-corrected chi connectivity index (χ2v) is 13.4. The molecule has 234 valence electrons. The molecular weight excluding hydrogens is 581 g/mol. The monoisotopic (exact) mass is 620 g/mol. The van der Waals surface area contributed by atoms with E-state index in [1.54, 1.807) is 0 Å². The molecule has 2 heteroatoms. The van der Waals surface area contributed by atoms with Crippen LogP contribution in [0.4, 0.5) is 34.1 Å². The normalized spacial score (nSPS) is 11.5. The Morgan fingerprint density at radius 2 is 0.688 bits per heavy atom. The number of hydrogen-bond acceptors (Lipinski definition) is 2. The smallest absolute Gasteiger partial charge is 0.0540 e. The zero-order valence-corrected chi connectivity index (χ0v) is 28.6. The van der Waals surface area contributed by atoms with Crippen molar-refractivity contribution in [2.75, 3.05) is 9.80 Å². The molecule has 8 aromatic rings. The van der Waals surface area contributed by atoms with Crippen molar-refractivity contribution in [3.63, 3.8) is 0 Å². The third-order valence-corrected chi connectivity index (χ3v) is 9.85. The maximum absolute atomic E-state index is 2.46. The maximum atomic E-state index is 2.46. The van der Waals surface area contributed by atoms with Gasteiger partial charge in [-0.15, -0.1) is 0 Å². The SMILES string of the molecule is Cc1cc(C)c(N(c2ccccc2)c2ccc3ccc4c(N(c5ccccc5)c5c(C)cc(C)cc5C)ccc5ccc2c3c54)c(C)c1. The van der Waals surface area contributed by atoms with Gasteiger partial charge in [0.2, 0.25) is 0 Å². The Bertz CT molecular complexity index is 2240. The van der Waals surface area contributed by atoms with Crippen LogP contribution in [-0.4, -0.2) is 0 Å². The predicted octanol–water partition coefficient (Wildman–Crippen LogP) is 13.4. The van der Waals surface area contributed by atoms with Gasteiger partial charge in [0, 0.05) is 22.1 Å². The molecule has 0 aliphatic carbocycles. The summed E-state index contributed by atoms with van der Waals surface area (Å²) in [5.74, 6) is 0. The molecule has 48 heavy (non-hydrogen) atoms. The Kier molecular flexibility index (Phi) is 7.18. The topological polar surface area (TPSA) is 6.48 Å². The molecule has 0 spiro atoms. The Balaban J connectivity index is 1.44. The fourth-order valence-electron chi connectivity index (χ4n) is 8.14. The molecule has 0 heterocycles. The van der Waals surface area contributed by atoms with Gasteiger partial charge in [-0.3, -0.25) is 0 Å². The first-order chi connectivity index (χ1) is 23.3. The van der Waals surface area contributed by atoms with Gasteiger partial charge >= 0.3 is 0 Å². The number of para-hydroxylation sites is 2. The molecule has 0 radical (unpaired) electrons. The lowest BCUT2D eigenvalue weighted by atomic mass is 9.91. The van der Waals surface area contributed by atoms with Crippen LogP contribution >= 0.6 is 0 Å². The van der Waals surface area contributed by atoms with E-state index in [0.717, 1.165) is 11.4 Å². The van der Waals surface area contributed by atoms with Gasteiger partial charge in [-0.25, -0.2) is 0 Å². The minimum atomic E-state index is 1.16. The Morgan fingerprint density at radius 3 is 1.04 bits per heavy atom. The van der Waals surface area contributed by atoms with Crippen molar-refractivity contribution < 1.29 is 0 Å². The van der Waals surface area contributed by atoms with Gasteiger partial charge in [0.25, 0.3) is 0 Å². The van der Waals surface area contributed by atoms with Crippen molar-refractivity contribution in [3.05, 3.63) is 167 Å². The van der Waals surface area contributed by atoms with E-state index >= 15 is 0 Å². The zero-order valence-electron chi connectivity index (χ0n) is 28.6. The summed E-state index contributed by atoms with van der Waals surface area (Å²) in [4.78, 5) is 4.93. The fraction of sp³-hybridized carbons (Fsp3) is 0.130. The van der Waals surface area contributed by atoms with Crippen LogP contribution in [0.2, 0.25) is 0 Å². The van der Waals surface area contributed by atoms with E-state index in [4.69, 9.17) is 0 Å². The van der Waals surface area contributed by atoms with Gasteiger partial charge in [0.1, 0.15) is 0 Å². The van der Waals surface area contributed by atoms with Crippen LogP contribution in [-0.2, 0) is 0 Å². The first kappa shape index (κ1) is 29.8. The molecule has 0 aliphatic rings. The van der Waals surface area contributed by atoms with Crippen LogP contribution in [0, 0.1) is 41.5 Å². The standard InChI is InChI=1S/C46H40N2/c1-29-25-31(3)45(32(4)26-29)47(37-13-9-7-10-14-37)41-23-19-35-18-22-40-42(24-20-36-17-21-39(41)43(35)44(36)40)48(38-15-11-8-12-16-38)46-33(5)27-30(2)28-34(46)6/h7-28H,1-6H3. The van der Waals surface area contributed by atoms with Crippen LogP contribution in [0.5, 0.6) is 0 Å². The minimum Gasteiger partial charge on any atom is -0.309 e. The highest BCUT2D eigenvalue weighted by Crippen LogP contribution is 2.49. The number of rotatable bonds is 6. The molecule has 0 bridgehead atoms. The summed E-state index contributed by atoms with van der Waals surface area (Å²) in [5, 5.41) is 7.61. The quantitative estimate of drug-likeness (QED) is 0.171. The van der Waals surface area contributed by atoms with Gasteiger partial charge in [-0.1, -0.05) is 108 Å². The average molecular weight is 621 g/mol. The molecule has 8 aromatic carbocycles. The number of nitrogens with zero attached hydrogens (tertiary/aromatic N) is 2. The van der Waals surface area contributed by atoms with Crippen molar-refractivity contribution >= 4 is 66.4 Å². The zero-order chi connectivity index (χ0) is 33.1. The van der Waals surface area contributed by atoms with E-state index in [2.05, 4.69) is 185 Å². The molecule has 0 saturated heterocycles. The van der Waals surface area contributed by atoms with E-state index in [0.29, 0.717) is 0 Å². The summed E-state index contributed by atoms with van der Waals surface area (Å²) in [6.45, 7) is 13.3. The average Bonchev–Trinajstić information content (AvgIpc) is 3.08. The summed E-state index contributed by atoms with van der Waals surface area (Å²) in [6.07, 6.45) is 0. The molecule has 2 nitrogen and oxygen atoms in total. The van der Waals surface area contributed by atoms with Gasteiger partial charge in [-0.2, -0.15) is 0 Å². The third kappa shape index (κ3) is 4.79. The fourth-order valence-corrected chi connectivity index (χ4v) is 8.14. The molecule has 0 atom stereocenters. The summed E-state index contributed by atoms with van der Waals surface area (Å²) in [6, 6.07) is 49.3. The van der Waals surface area contributed by atoms with Crippen LogP contribution in [0.25, 0.3) is 32.3 Å². The van der Waals surface area contributed by atoms with Crippen molar-refractivity contribution in [1.82, 2.24) is 0 Å². The number of aryl methyl sites for hydroxylation is 6. The lowest BCUT2D eigenvalue weighted by Crippen LogP contribution is -2.14. The second kappa shape index (κ2) is 11.6. The van der Waals surface area contributed by atoms with Crippen LogP contribution < -0.4 is 9.80 Å². The van der Waals surface area contributed by atoms with E-state index in [-0.39, 0.29) is 0 Å². The number of benzene rings is 8. The van der Waals surface area contributed by atoms with E-state index in [1.165, 1.54) is 88.4 Å². The van der Waals surface area contributed by atoms with Crippen molar-refractivity contribution in [1.29, 1.82) is 0 Å². The van der Waals surface area contributed by atoms with Gasteiger partial charge in [0.15, 0.2) is 0 Å². The summed E-state index contributed by atoms with van der Waals surface area (Å²) in [7, 11) is 0. The maximum Gasteiger partial charge on any atom is 0.0540 e. The molecule has 0 unspecified atom stereocenters. The number of anilines is 6. The van der Waals surface area contributed by atoms with Gasteiger partial charge in [0.05, 0.1) is 22.7 Å². The van der Waals surface area contributed by atoms with Crippen molar-refractivity contribution in [3.8, 4) is 0 Å². The highest BCUT2D eigenvalue weighted by atomic mass is 15.2. The third-order valence-electron chi connectivity index (χ3n) is 9.85. The summed E-state index contributed by atoms with van der Waals surface area (Å²) < 4.78 is 0. The molecule has 0 amide bonds. The second-order valence-electron chi connectivity index (χ2n) is 13.4. The minimum absolute atomic E-state index is 1.16. The van der Waals surface area contributed by atoms with Crippen LogP contribution in [0.15, 0.2) is 133 Å². The molecule has 0 saturated carbocycles. The summed E-state index contributed by atoms with van der Waals surface area (Å²) in [5.41, 5.74) is 14.8. The lowest BCUT2D eigenvalue weighted by Gasteiger charge is -2.32. The molecule has 0 aliphatic heterocycles. The molecule has 8 rings (SSSR count).